The molecular formula is C23H27N3O5S2. The van der Waals surface area contributed by atoms with Crippen LogP contribution in [-0.2, 0) is 14.8 Å². The van der Waals surface area contributed by atoms with Crippen molar-refractivity contribution in [3.05, 3.63) is 42.5 Å². The highest BCUT2D eigenvalue weighted by molar-refractivity contribution is 7.99. The highest BCUT2D eigenvalue weighted by Crippen LogP contribution is 2.29. The number of carbonyl (C=O) groups excluding carboxylic acids is 1. The van der Waals surface area contributed by atoms with Crippen LogP contribution < -0.4 is 14.8 Å². The van der Waals surface area contributed by atoms with Crippen molar-refractivity contribution in [2.24, 2.45) is 5.92 Å². The van der Waals surface area contributed by atoms with Crippen LogP contribution in [0.1, 0.15) is 32.6 Å². The number of hydrogen-bond acceptors (Lipinski definition) is 7. The van der Waals surface area contributed by atoms with Gasteiger partial charge in [-0.3, -0.25) is 9.52 Å². The Morgan fingerprint density at radius 1 is 1.18 bits per heavy atom. The van der Waals surface area contributed by atoms with E-state index in [1.54, 1.807) is 30.3 Å². The van der Waals surface area contributed by atoms with Gasteiger partial charge >= 0.3 is 0 Å². The molecule has 0 bridgehead atoms. The third kappa shape index (κ3) is 5.80. The number of rotatable bonds is 8. The van der Waals surface area contributed by atoms with E-state index < -0.39 is 10.0 Å². The van der Waals surface area contributed by atoms with Crippen molar-refractivity contribution in [3.63, 3.8) is 0 Å². The molecule has 1 aliphatic carbocycles. The Kier molecular flexibility index (Phi) is 7.14. The molecule has 0 radical (unpaired) electrons. The molecule has 8 nitrogen and oxygen atoms in total. The topological polar surface area (TPSA) is 111 Å². The zero-order chi connectivity index (χ0) is 23.4. The second-order valence-electron chi connectivity index (χ2n) is 8.23. The molecule has 1 fully saturated rings. The van der Waals surface area contributed by atoms with Gasteiger partial charge in [0.05, 0.1) is 23.4 Å². The Balaban J connectivity index is 1.41. The number of aromatic nitrogens is 1. The first kappa shape index (κ1) is 23.4. The molecule has 2 N–H and O–H groups in total. The van der Waals surface area contributed by atoms with Crippen LogP contribution in [0.3, 0.4) is 0 Å². The van der Waals surface area contributed by atoms with E-state index in [-0.39, 0.29) is 22.6 Å². The van der Waals surface area contributed by atoms with E-state index in [0.717, 1.165) is 31.6 Å². The number of oxazole rings is 1. The van der Waals surface area contributed by atoms with Gasteiger partial charge in [0.15, 0.2) is 5.58 Å². The van der Waals surface area contributed by atoms with Gasteiger partial charge in [-0.25, -0.2) is 13.4 Å². The molecule has 3 aromatic rings. The van der Waals surface area contributed by atoms with Crippen molar-refractivity contribution in [1.29, 1.82) is 0 Å². The minimum Gasteiger partial charge on any atom is -0.495 e. The Labute approximate surface area is 197 Å². The summed E-state index contributed by atoms with van der Waals surface area (Å²) in [5.74, 6) is 1.29. The van der Waals surface area contributed by atoms with Gasteiger partial charge in [-0.15, -0.1) is 0 Å². The number of nitrogens with zero attached hydrogens (tertiary/aromatic N) is 1. The number of sulfonamides is 1. The summed E-state index contributed by atoms with van der Waals surface area (Å²) in [5, 5.41) is 3.40. The largest absolute Gasteiger partial charge is 0.495 e. The van der Waals surface area contributed by atoms with Crippen molar-refractivity contribution in [3.8, 4) is 5.75 Å². The molecule has 1 aromatic heterocycles. The maximum atomic E-state index is 12.9. The van der Waals surface area contributed by atoms with Crippen molar-refractivity contribution in [2.45, 2.75) is 48.8 Å². The number of nitrogens with one attached hydrogen (secondary N) is 2. The fourth-order valence-corrected chi connectivity index (χ4v) is 5.59. The molecule has 0 spiro atoms. The number of carbonyl (C=O) groups is 1. The summed E-state index contributed by atoms with van der Waals surface area (Å²) >= 11 is 1.19. The number of methoxy groups -OCH3 is 1. The fraction of sp³-hybridized carbons (Fsp3) is 0.391. The van der Waals surface area contributed by atoms with Crippen molar-refractivity contribution in [2.75, 3.05) is 17.6 Å². The average Bonchev–Trinajstić information content (AvgIpc) is 3.22. The monoisotopic (exact) mass is 489 g/mol. The van der Waals surface area contributed by atoms with Gasteiger partial charge in [0.25, 0.3) is 15.2 Å². The lowest BCUT2D eigenvalue weighted by Crippen LogP contribution is -2.38. The van der Waals surface area contributed by atoms with Gasteiger partial charge in [0, 0.05) is 6.04 Å². The van der Waals surface area contributed by atoms with E-state index in [4.69, 9.17) is 9.15 Å². The van der Waals surface area contributed by atoms with Crippen LogP contribution in [-0.4, -0.2) is 38.2 Å². The summed E-state index contributed by atoms with van der Waals surface area (Å²) in [4.78, 5) is 16.7. The Morgan fingerprint density at radius 3 is 2.70 bits per heavy atom. The summed E-state index contributed by atoms with van der Waals surface area (Å²) in [6.07, 6.45) is 4.31. The van der Waals surface area contributed by atoms with E-state index in [1.807, 2.05) is 0 Å². The van der Waals surface area contributed by atoms with Crippen LogP contribution >= 0.6 is 11.8 Å². The van der Waals surface area contributed by atoms with E-state index in [1.165, 1.54) is 31.0 Å². The first-order chi connectivity index (χ1) is 15.8. The molecule has 1 aliphatic rings. The summed E-state index contributed by atoms with van der Waals surface area (Å²) in [6.45, 7) is 2.24. The van der Waals surface area contributed by atoms with E-state index in [2.05, 4.69) is 21.9 Å². The van der Waals surface area contributed by atoms with Crippen LogP contribution in [0.15, 0.2) is 57.0 Å². The normalized spacial score (nSPS) is 18.7. The lowest BCUT2D eigenvalue weighted by molar-refractivity contribution is -0.119. The van der Waals surface area contributed by atoms with Crippen molar-refractivity contribution < 1.29 is 22.4 Å². The highest BCUT2D eigenvalue weighted by Gasteiger charge is 2.21. The van der Waals surface area contributed by atoms with Gasteiger partial charge in [0.1, 0.15) is 11.3 Å². The molecule has 0 saturated heterocycles. The lowest BCUT2D eigenvalue weighted by atomic mass is 9.87. The first-order valence-electron chi connectivity index (χ1n) is 10.8. The first-order valence-corrected chi connectivity index (χ1v) is 13.3. The van der Waals surface area contributed by atoms with Crippen molar-refractivity contribution >= 4 is 44.5 Å². The molecule has 176 valence electrons. The smallest absolute Gasteiger partial charge is 0.262 e. The molecule has 0 atom stereocenters. The van der Waals surface area contributed by atoms with Crippen molar-refractivity contribution in [1.82, 2.24) is 10.3 Å². The molecule has 10 heteroatoms. The van der Waals surface area contributed by atoms with Crippen LogP contribution in [0.5, 0.6) is 5.75 Å². The molecule has 1 heterocycles. The zero-order valence-corrected chi connectivity index (χ0v) is 20.2. The summed E-state index contributed by atoms with van der Waals surface area (Å²) < 4.78 is 39.2. The molecule has 1 amide bonds. The fourth-order valence-electron chi connectivity index (χ4n) is 3.85. The van der Waals surface area contributed by atoms with Gasteiger partial charge in [-0.1, -0.05) is 30.8 Å². The molecule has 4 rings (SSSR count). The van der Waals surface area contributed by atoms with Crippen LogP contribution in [0.4, 0.5) is 5.69 Å². The predicted octanol–water partition coefficient (Wildman–Crippen LogP) is 4.42. The lowest BCUT2D eigenvalue weighted by Gasteiger charge is -2.26. The molecule has 0 unspecified atom stereocenters. The Bertz CT molecular complexity index is 1230. The molecule has 33 heavy (non-hydrogen) atoms. The average molecular weight is 490 g/mol. The summed E-state index contributed by atoms with van der Waals surface area (Å²) in [6, 6.07) is 11.5. The summed E-state index contributed by atoms with van der Waals surface area (Å²) in [7, 11) is -2.38. The SMILES string of the molecule is COc1ccccc1NS(=O)(=O)c1ccc2oc(SCC(=O)NC3CCC(C)CC3)nc2c1. The van der Waals surface area contributed by atoms with E-state index >= 15 is 0 Å². The summed E-state index contributed by atoms with van der Waals surface area (Å²) in [5.41, 5.74) is 1.20. The zero-order valence-electron chi connectivity index (χ0n) is 18.5. The minimum atomic E-state index is -3.86. The minimum absolute atomic E-state index is 0.0499. The van der Waals surface area contributed by atoms with Crippen LogP contribution in [0, 0.1) is 5.92 Å². The quantitative estimate of drug-likeness (QED) is 0.451. The number of thioether (sulfide) groups is 1. The second-order valence-corrected chi connectivity index (χ2v) is 10.8. The Morgan fingerprint density at radius 2 is 1.94 bits per heavy atom. The maximum Gasteiger partial charge on any atom is 0.262 e. The maximum absolute atomic E-state index is 12.9. The number of amides is 1. The van der Waals surface area contributed by atoms with Crippen LogP contribution in [0.2, 0.25) is 0 Å². The third-order valence-electron chi connectivity index (χ3n) is 5.71. The molecule has 2 aromatic carbocycles. The number of ether oxygens (including phenoxy) is 1. The number of benzene rings is 2. The van der Waals surface area contributed by atoms with Gasteiger partial charge in [0.2, 0.25) is 5.91 Å². The molecule has 0 aliphatic heterocycles. The standard InChI is InChI=1S/C23H27N3O5S2/c1-15-7-9-16(10-8-15)24-22(27)14-32-23-25-19-13-17(11-12-21(19)31-23)33(28,29)26-18-5-3-4-6-20(18)30-2/h3-6,11-13,15-16,26H,7-10,14H2,1-2H3,(H,24,27). The van der Waals surface area contributed by atoms with Crippen LogP contribution in [0.25, 0.3) is 11.1 Å². The Hall–Kier alpha value is -2.72. The van der Waals surface area contributed by atoms with Gasteiger partial charge in [-0.2, -0.15) is 0 Å². The van der Waals surface area contributed by atoms with E-state index in [9.17, 15) is 13.2 Å². The highest BCUT2D eigenvalue weighted by atomic mass is 32.2. The van der Waals surface area contributed by atoms with Gasteiger partial charge in [-0.05, 0) is 61.9 Å². The number of anilines is 1. The molecular weight excluding hydrogens is 462 g/mol. The number of hydrogen-bond donors (Lipinski definition) is 2. The predicted molar refractivity (Wildman–Crippen MR) is 128 cm³/mol. The van der Waals surface area contributed by atoms with E-state index in [0.29, 0.717) is 27.8 Å². The number of para-hydroxylation sites is 2. The third-order valence-corrected chi connectivity index (χ3v) is 7.90. The number of fused-ring (bicyclic) bond motifs is 1. The second kappa shape index (κ2) is 10.0. The molecule has 1 saturated carbocycles. The van der Waals surface area contributed by atoms with Gasteiger partial charge < -0.3 is 14.5 Å².